The van der Waals surface area contributed by atoms with Crippen molar-refractivity contribution in [1.82, 2.24) is 15.1 Å². The van der Waals surface area contributed by atoms with Crippen LogP contribution in [0.15, 0.2) is 48.5 Å². The third-order valence-corrected chi connectivity index (χ3v) is 5.23. The monoisotopic (exact) mass is 393 g/mol. The van der Waals surface area contributed by atoms with Gasteiger partial charge in [-0.05, 0) is 29.8 Å². The van der Waals surface area contributed by atoms with E-state index in [1.54, 1.807) is 42.5 Å². The summed E-state index contributed by atoms with van der Waals surface area (Å²) >= 11 is 0. The summed E-state index contributed by atoms with van der Waals surface area (Å²) < 4.78 is 5.32. The van der Waals surface area contributed by atoms with Gasteiger partial charge in [-0.25, -0.2) is 0 Å². The van der Waals surface area contributed by atoms with Gasteiger partial charge in [0.05, 0.1) is 30.9 Å². The Morgan fingerprint density at radius 1 is 0.966 bits per heavy atom. The Labute approximate surface area is 169 Å². The van der Waals surface area contributed by atoms with Crippen molar-refractivity contribution in [2.45, 2.75) is 6.54 Å². The summed E-state index contributed by atoms with van der Waals surface area (Å²) in [4.78, 5) is 41.0. The van der Waals surface area contributed by atoms with Crippen LogP contribution < -0.4 is 5.32 Å². The minimum atomic E-state index is -0.300. The highest BCUT2D eigenvalue weighted by molar-refractivity contribution is 6.21. The summed E-state index contributed by atoms with van der Waals surface area (Å²) in [6, 6.07) is 13.9. The highest BCUT2D eigenvalue weighted by Gasteiger charge is 2.34. The number of morpholine rings is 1. The predicted octanol–water partition coefficient (Wildman–Crippen LogP) is 1.54. The van der Waals surface area contributed by atoms with Crippen molar-refractivity contribution in [2.24, 2.45) is 0 Å². The van der Waals surface area contributed by atoms with Crippen LogP contribution in [0, 0.1) is 0 Å². The van der Waals surface area contributed by atoms with Crippen molar-refractivity contribution >= 4 is 17.7 Å². The van der Waals surface area contributed by atoms with E-state index in [0.29, 0.717) is 23.2 Å². The Morgan fingerprint density at radius 3 is 2.34 bits per heavy atom. The zero-order valence-electron chi connectivity index (χ0n) is 16.1. The molecule has 1 N–H and O–H groups in total. The second-order valence-corrected chi connectivity index (χ2v) is 7.15. The molecule has 1 saturated heterocycles. The van der Waals surface area contributed by atoms with Crippen molar-refractivity contribution in [2.75, 3.05) is 39.4 Å². The lowest BCUT2D eigenvalue weighted by Gasteiger charge is -2.26. The van der Waals surface area contributed by atoms with Crippen LogP contribution in [0.2, 0.25) is 0 Å². The quantitative estimate of drug-likeness (QED) is 0.754. The van der Waals surface area contributed by atoms with Gasteiger partial charge in [0.1, 0.15) is 0 Å². The number of imide groups is 1. The molecule has 0 radical (unpaired) electrons. The molecule has 7 nitrogen and oxygen atoms in total. The van der Waals surface area contributed by atoms with Crippen LogP contribution in [0.5, 0.6) is 0 Å². The van der Waals surface area contributed by atoms with Crippen LogP contribution in [0.25, 0.3) is 0 Å². The summed E-state index contributed by atoms with van der Waals surface area (Å²) in [5, 5.41) is 2.93. The number of nitrogens with one attached hydrogen (secondary N) is 1. The molecule has 150 valence electrons. The standard InChI is InChI=1S/C22H23N3O4/c26-20(23-8-9-24-10-12-29-13-11-24)17-5-3-4-16(14-17)15-25-21(27)18-6-1-2-7-19(18)22(25)28/h1-7,14H,8-13,15H2,(H,23,26). The zero-order chi connectivity index (χ0) is 20.2. The Bertz CT molecular complexity index is 902. The van der Waals surface area contributed by atoms with E-state index in [1.165, 1.54) is 4.90 Å². The first kappa shape index (κ1) is 19.3. The van der Waals surface area contributed by atoms with Crippen molar-refractivity contribution in [3.63, 3.8) is 0 Å². The van der Waals surface area contributed by atoms with Gasteiger partial charge in [0.15, 0.2) is 0 Å². The Balaban J connectivity index is 1.37. The van der Waals surface area contributed by atoms with Crippen molar-refractivity contribution in [3.8, 4) is 0 Å². The normalized spacial score (nSPS) is 16.8. The maximum atomic E-state index is 12.5. The molecule has 0 aromatic heterocycles. The number of amides is 3. The van der Waals surface area contributed by atoms with E-state index < -0.39 is 0 Å². The number of hydrogen-bond acceptors (Lipinski definition) is 5. The molecule has 2 aliphatic heterocycles. The second kappa shape index (κ2) is 8.55. The maximum absolute atomic E-state index is 12.5. The van der Waals surface area contributed by atoms with Gasteiger partial charge in [-0.2, -0.15) is 0 Å². The van der Waals surface area contributed by atoms with E-state index in [9.17, 15) is 14.4 Å². The fourth-order valence-electron chi connectivity index (χ4n) is 3.63. The maximum Gasteiger partial charge on any atom is 0.261 e. The van der Waals surface area contributed by atoms with E-state index in [1.807, 2.05) is 6.07 Å². The molecule has 4 rings (SSSR count). The van der Waals surface area contributed by atoms with Gasteiger partial charge < -0.3 is 10.1 Å². The SMILES string of the molecule is O=C(NCCN1CCOCC1)c1cccc(CN2C(=O)c3ccccc3C2=O)c1. The van der Waals surface area contributed by atoms with Gasteiger partial charge in [0.2, 0.25) is 0 Å². The molecule has 2 aliphatic rings. The first-order valence-corrected chi connectivity index (χ1v) is 9.76. The molecule has 0 spiro atoms. The topological polar surface area (TPSA) is 79.0 Å². The summed E-state index contributed by atoms with van der Waals surface area (Å²) in [6.07, 6.45) is 0. The fraction of sp³-hybridized carbons (Fsp3) is 0.318. The first-order valence-electron chi connectivity index (χ1n) is 9.76. The number of carbonyl (C=O) groups is 3. The van der Waals surface area contributed by atoms with Crippen LogP contribution in [0.3, 0.4) is 0 Å². The third-order valence-electron chi connectivity index (χ3n) is 5.23. The van der Waals surface area contributed by atoms with Crippen LogP contribution in [-0.2, 0) is 11.3 Å². The molecule has 3 amide bonds. The molecular weight excluding hydrogens is 370 g/mol. The van der Waals surface area contributed by atoms with Gasteiger partial charge in [-0.3, -0.25) is 24.2 Å². The lowest BCUT2D eigenvalue weighted by Crippen LogP contribution is -2.41. The zero-order valence-corrected chi connectivity index (χ0v) is 16.1. The third kappa shape index (κ3) is 4.21. The first-order chi connectivity index (χ1) is 14.1. The van der Waals surface area contributed by atoms with E-state index in [4.69, 9.17) is 4.74 Å². The van der Waals surface area contributed by atoms with Crippen LogP contribution >= 0.6 is 0 Å². The van der Waals surface area contributed by atoms with Crippen molar-refractivity contribution < 1.29 is 19.1 Å². The number of ether oxygens (including phenoxy) is 1. The van der Waals surface area contributed by atoms with E-state index in [2.05, 4.69) is 10.2 Å². The van der Waals surface area contributed by atoms with Crippen LogP contribution in [0.4, 0.5) is 0 Å². The summed E-state index contributed by atoms with van der Waals surface area (Å²) in [5.41, 5.74) is 2.10. The van der Waals surface area contributed by atoms with Gasteiger partial charge >= 0.3 is 0 Å². The van der Waals surface area contributed by atoms with E-state index in [0.717, 1.165) is 38.4 Å². The molecule has 2 aromatic rings. The van der Waals surface area contributed by atoms with Gasteiger partial charge in [-0.1, -0.05) is 24.3 Å². The number of carbonyl (C=O) groups excluding carboxylic acids is 3. The summed E-state index contributed by atoms with van der Waals surface area (Å²) in [6.45, 7) is 4.70. The van der Waals surface area contributed by atoms with Crippen LogP contribution in [-0.4, -0.2) is 66.9 Å². The lowest BCUT2D eigenvalue weighted by atomic mass is 10.1. The van der Waals surface area contributed by atoms with Crippen LogP contribution in [0.1, 0.15) is 36.6 Å². The Kier molecular flexibility index (Phi) is 5.69. The highest BCUT2D eigenvalue weighted by atomic mass is 16.5. The largest absolute Gasteiger partial charge is 0.379 e. The van der Waals surface area contributed by atoms with Crippen molar-refractivity contribution in [3.05, 3.63) is 70.8 Å². The molecule has 2 heterocycles. The number of nitrogens with zero attached hydrogens (tertiary/aromatic N) is 2. The molecule has 2 aromatic carbocycles. The highest BCUT2D eigenvalue weighted by Crippen LogP contribution is 2.24. The minimum absolute atomic E-state index is 0.140. The smallest absolute Gasteiger partial charge is 0.261 e. The summed E-state index contributed by atoms with van der Waals surface area (Å²) in [5.74, 6) is -0.764. The average molecular weight is 393 g/mol. The molecule has 1 fully saturated rings. The van der Waals surface area contributed by atoms with Gasteiger partial charge in [0, 0.05) is 31.7 Å². The van der Waals surface area contributed by atoms with E-state index >= 15 is 0 Å². The molecule has 29 heavy (non-hydrogen) atoms. The average Bonchev–Trinajstić information content (AvgIpc) is 3.00. The number of hydrogen-bond donors (Lipinski definition) is 1. The predicted molar refractivity (Wildman–Crippen MR) is 107 cm³/mol. The number of rotatable bonds is 6. The number of fused-ring (bicyclic) bond motifs is 1. The van der Waals surface area contributed by atoms with Crippen molar-refractivity contribution in [1.29, 1.82) is 0 Å². The van der Waals surface area contributed by atoms with E-state index in [-0.39, 0.29) is 24.3 Å². The Hall–Kier alpha value is -3.03. The molecule has 0 aliphatic carbocycles. The molecule has 0 saturated carbocycles. The minimum Gasteiger partial charge on any atom is -0.379 e. The molecule has 7 heteroatoms. The molecule has 0 atom stereocenters. The fourth-order valence-corrected chi connectivity index (χ4v) is 3.63. The second-order valence-electron chi connectivity index (χ2n) is 7.15. The molecular formula is C22H23N3O4. The summed E-state index contributed by atoms with van der Waals surface area (Å²) in [7, 11) is 0. The number of benzene rings is 2. The Morgan fingerprint density at radius 2 is 1.66 bits per heavy atom. The lowest BCUT2D eigenvalue weighted by molar-refractivity contribution is 0.0383. The van der Waals surface area contributed by atoms with Gasteiger partial charge in [0.25, 0.3) is 17.7 Å². The van der Waals surface area contributed by atoms with Gasteiger partial charge in [-0.15, -0.1) is 0 Å². The molecule has 0 unspecified atom stereocenters. The molecule has 0 bridgehead atoms.